The van der Waals surface area contributed by atoms with Crippen LogP contribution >= 0.6 is 0 Å². The molecule has 1 aliphatic rings. The largest absolute Gasteiger partial charge is 0.493 e. The van der Waals surface area contributed by atoms with Crippen LogP contribution in [0.25, 0.3) is 22.6 Å². The molecule has 38 heavy (non-hydrogen) atoms. The SMILES string of the molecule is COc1cc(-c2nc(-c3ccc(N(C)C)cc3)c(C)[nH]2)ccc1O[C@@H]1O[C@H](CO)[C@@H](O)[C@H](O)[C@H]1NC(C)=O. The van der Waals surface area contributed by atoms with Gasteiger partial charge >= 0.3 is 0 Å². The molecule has 0 bridgehead atoms. The second-order valence-corrected chi connectivity index (χ2v) is 9.42. The lowest BCUT2D eigenvalue weighted by molar-refractivity contribution is -0.244. The summed E-state index contributed by atoms with van der Waals surface area (Å²) < 4.78 is 17.2. The van der Waals surface area contributed by atoms with E-state index in [1.54, 1.807) is 18.2 Å². The molecule has 204 valence electrons. The first-order chi connectivity index (χ1) is 18.1. The average Bonchev–Trinajstić information content (AvgIpc) is 3.29. The fourth-order valence-electron chi connectivity index (χ4n) is 4.40. The minimum atomic E-state index is -1.42. The van der Waals surface area contributed by atoms with Crippen LogP contribution in [0.1, 0.15) is 12.6 Å². The maximum atomic E-state index is 11.7. The number of aliphatic hydroxyl groups is 3. The predicted molar refractivity (Wildman–Crippen MR) is 141 cm³/mol. The van der Waals surface area contributed by atoms with E-state index < -0.39 is 43.2 Å². The number of aliphatic hydroxyl groups excluding tert-OH is 3. The molecule has 0 aliphatic carbocycles. The Morgan fingerprint density at radius 3 is 2.39 bits per heavy atom. The molecule has 0 radical (unpaired) electrons. The Labute approximate surface area is 221 Å². The van der Waals surface area contributed by atoms with Crippen LogP contribution in [0.5, 0.6) is 11.5 Å². The Morgan fingerprint density at radius 1 is 1.11 bits per heavy atom. The predicted octanol–water partition coefficient (Wildman–Crippen LogP) is 1.45. The number of carbonyl (C=O) groups excluding carboxylic acids is 1. The van der Waals surface area contributed by atoms with Gasteiger partial charge in [0.25, 0.3) is 0 Å². The summed E-state index contributed by atoms with van der Waals surface area (Å²) in [6, 6.07) is 12.3. The maximum Gasteiger partial charge on any atom is 0.223 e. The Bertz CT molecular complexity index is 1260. The van der Waals surface area contributed by atoms with Gasteiger partial charge in [-0.15, -0.1) is 0 Å². The van der Waals surface area contributed by atoms with Crippen LogP contribution < -0.4 is 19.7 Å². The van der Waals surface area contributed by atoms with Crippen LogP contribution in [0, 0.1) is 6.92 Å². The molecule has 2 heterocycles. The van der Waals surface area contributed by atoms with E-state index in [0.29, 0.717) is 11.6 Å². The molecule has 0 spiro atoms. The number of aromatic amines is 1. The van der Waals surface area contributed by atoms with Crippen molar-refractivity contribution >= 4 is 11.6 Å². The summed E-state index contributed by atoms with van der Waals surface area (Å²) in [4.78, 5) is 21.9. The number of methoxy groups -OCH3 is 1. The zero-order valence-corrected chi connectivity index (χ0v) is 22.0. The van der Waals surface area contributed by atoms with E-state index in [2.05, 4.69) is 10.3 Å². The lowest BCUT2D eigenvalue weighted by atomic mass is 9.97. The second kappa shape index (κ2) is 11.4. The van der Waals surface area contributed by atoms with Gasteiger partial charge in [-0.3, -0.25) is 4.79 Å². The number of amides is 1. The van der Waals surface area contributed by atoms with Crippen LogP contribution in [-0.2, 0) is 9.53 Å². The van der Waals surface area contributed by atoms with Crippen molar-refractivity contribution in [2.45, 2.75) is 44.5 Å². The summed E-state index contributed by atoms with van der Waals surface area (Å²) in [5.41, 5.74) is 4.58. The molecule has 4 rings (SSSR count). The molecule has 11 heteroatoms. The van der Waals surface area contributed by atoms with Gasteiger partial charge in [0.05, 0.1) is 19.4 Å². The molecule has 0 saturated carbocycles. The van der Waals surface area contributed by atoms with Crippen molar-refractivity contribution in [1.82, 2.24) is 15.3 Å². The van der Waals surface area contributed by atoms with E-state index in [9.17, 15) is 20.1 Å². The lowest BCUT2D eigenvalue weighted by Gasteiger charge is -2.42. The van der Waals surface area contributed by atoms with Gasteiger partial charge in [-0.1, -0.05) is 12.1 Å². The Kier molecular flexibility index (Phi) is 8.22. The van der Waals surface area contributed by atoms with Crippen molar-refractivity contribution in [1.29, 1.82) is 0 Å². The molecule has 1 amide bonds. The van der Waals surface area contributed by atoms with Crippen molar-refractivity contribution in [3.63, 3.8) is 0 Å². The highest BCUT2D eigenvalue weighted by Crippen LogP contribution is 2.35. The number of hydrogen-bond acceptors (Lipinski definition) is 9. The minimum Gasteiger partial charge on any atom is -0.493 e. The number of nitrogens with one attached hydrogen (secondary N) is 2. The average molecular weight is 527 g/mol. The fraction of sp³-hybridized carbons (Fsp3) is 0.407. The number of carbonyl (C=O) groups is 1. The number of rotatable bonds is 8. The number of ether oxygens (including phenoxy) is 3. The third-order valence-corrected chi connectivity index (χ3v) is 6.47. The monoisotopic (exact) mass is 526 g/mol. The molecule has 11 nitrogen and oxygen atoms in total. The van der Waals surface area contributed by atoms with Crippen LogP contribution in [0.3, 0.4) is 0 Å². The van der Waals surface area contributed by atoms with Gasteiger partial charge in [0.2, 0.25) is 12.2 Å². The molecule has 0 unspecified atom stereocenters. The van der Waals surface area contributed by atoms with E-state index in [0.717, 1.165) is 28.2 Å². The third-order valence-electron chi connectivity index (χ3n) is 6.47. The molecule has 1 fully saturated rings. The number of aryl methyl sites for hydroxylation is 1. The summed E-state index contributed by atoms with van der Waals surface area (Å²) in [6.45, 7) is 2.69. The van der Waals surface area contributed by atoms with Gasteiger partial charge in [0.1, 0.15) is 30.2 Å². The fourth-order valence-corrected chi connectivity index (χ4v) is 4.40. The number of nitrogens with zero attached hydrogens (tertiary/aromatic N) is 2. The summed E-state index contributed by atoms with van der Waals surface area (Å²) in [6.07, 6.45) is -5.12. The van der Waals surface area contributed by atoms with Crippen LogP contribution in [-0.4, -0.2) is 89.7 Å². The van der Waals surface area contributed by atoms with E-state index >= 15 is 0 Å². The van der Waals surface area contributed by atoms with Crippen LogP contribution in [0.4, 0.5) is 5.69 Å². The van der Waals surface area contributed by atoms with Gasteiger partial charge in [-0.25, -0.2) is 4.98 Å². The smallest absolute Gasteiger partial charge is 0.223 e. The van der Waals surface area contributed by atoms with Crippen molar-refractivity contribution < 1.29 is 34.3 Å². The summed E-state index contributed by atoms with van der Waals surface area (Å²) in [5, 5.41) is 32.9. The highest BCUT2D eigenvalue weighted by molar-refractivity contribution is 5.73. The number of aromatic nitrogens is 2. The number of H-pyrrole nitrogens is 1. The minimum absolute atomic E-state index is 0.277. The molecule has 1 aromatic heterocycles. The lowest BCUT2D eigenvalue weighted by Crippen LogP contribution is -2.65. The molecule has 2 aromatic carbocycles. The second-order valence-electron chi connectivity index (χ2n) is 9.42. The van der Waals surface area contributed by atoms with Gasteiger partial charge < -0.3 is 44.7 Å². The van der Waals surface area contributed by atoms with E-state index in [-0.39, 0.29) is 5.75 Å². The Hall–Kier alpha value is -3.64. The summed E-state index contributed by atoms with van der Waals surface area (Å²) in [5.74, 6) is 0.839. The molecule has 3 aromatic rings. The molecule has 5 N–H and O–H groups in total. The Morgan fingerprint density at radius 2 is 1.79 bits per heavy atom. The van der Waals surface area contributed by atoms with E-state index in [1.807, 2.05) is 50.2 Å². The number of imidazole rings is 1. The molecule has 5 atom stereocenters. The van der Waals surface area contributed by atoms with Crippen molar-refractivity contribution in [2.75, 3.05) is 32.7 Å². The molecule has 1 aliphatic heterocycles. The quantitative estimate of drug-likeness (QED) is 0.294. The first-order valence-corrected chi connectivity index (χ1v) is 12.2. The van der Waals surface area contributed by atoms with Gasteiger partial charge in [-0.2, -0.15) is 0 Å². The van der Waals surface area contributed by atoms with Crippen LogP contribution in [0.15, 0.2) is 42.5 Å². The standard InChI is InChI=1S/C27H34N4O7/c1-14-22(16-6-9-18(10-7-16)31(3)4)30-26(28-14)17-8-11-19(20(12-17)36-5)37-27-23(29-15(2)33)25(35)24(34)21(13-32)38-27/h6-12,21,23-25,27,32,34-35H,13H2,1-5H3,(H,28,30)(H,29,33)/t21-,23-,24-,25-,27-/m1/s1. The molecular weight excluding hydrogens is 492 g/mol. The van der Waals surface area contributed by atoms with Crippen molar-refractivity contribution in [3.05, 3.63) is 48.2 Å². The summed E-state index contributed by atoms with van der Waals surface area (Å²) >= 11 is 0. The Balaban J connectivity index is 1.60. The number of hydrogen-bond donors (Lipinski definition) is 5. The molecule has 1 saturated heterocycles. The zero-order valence-electron chi connectivity index (χ0n) is 22.0. The first kappa shape index (κ1) is 27.4. The highest BCUT2D eigenvalue weighted by atomic mass is 16.7. The van der Waals surface area contributed by atoms with Gasteiger partial charge in [0, 0.05) is 43.5 Å². The highest BCUT2D eigenvalue weighted by Gasteiger charge is 2.46. The number of benzene rings is 2. The van der Waals surface area contributed by atoms with Crippen LogP contribution in [0.2, 0.25) is 0 Å². The van der Waals surface area contributed by atoms with E-state index in [1.165, 1.54) is 14.0 Å². The van der Waals surface area contributed by atoms with Gasteiger partial charge in [0.15, 0.2) is 11.5 Å². The van der Waals surface area contributed by atoms with Crippen molar-refractivity contribution in [3.8, 4) is 34.1 Å². The van der Waals surface area contributed by atoms with E-state index in [4.69, 9.17) is 19.2 Å². The normalized spacial score (nSPS) is 23.1. The molecular formula is C27H34N4O7. The van der Waals surface area contributed by atoms with Gasteiger partial charge in [-0.05, 0) is 37.3 Å². The van der Waals surface area contributed by atoms with Crippen molar-refractivity contribution in [2.24, 2.45) is 0 Å². The zero-order chi connectivity index (χ0) is 27.6. The topological polar surface area (TPSA) is 149 Å². The maximum absolute atomic E-state index is 11.7. The number of anilines is 1. The third kappa shape index (κ3) is 5.60. The summed E-state index contributed by atoms with van der Waals surface area (Å²) in [7, 11) is 5.47. The first-order valence-electron chi connectivity index (χ1n) is 12.2.